The zero-order valence-electron chi connectivity index (χ0n) is 9.28. The van der Waals surface area contributed by atoms with E-state index in [1.54, 1.807) is 0 Å². The Morgan fingerprint density at radius 1 is 1.29 bits per heavy atom. The van der Waals surface area contributed by atoms with Crippen molar-refractivity contribution in [2.75, 3.05) is 0 Å². The molecule has 17 heavy (non-hydrogen) atoms. The zero-order valence-corrected chi connectivity index (χ0v) is 13.0. The predicted molar refractivity (Wildman–Crippen MR) is 80.2 cm³/mol. The zero-order chi connectivity index (χ0) is 12.3. The molecule has 1 heterocycles. The van der Waals surface area contributed by atoms with E-state index in [4.69, 9.17) is 4.74 Å². The molecule has 2 aromatic rings. The summed E-state index contributed by atoms with van der Waals surface area (Å²) in [6, 6.07) is 12.1. The Balaban J connectivity index is 2.15. The lowest BCUT2D eigenvalue weighted by atomic mass is 10.2. The van der Waals surface area contributed by atoms with Gasteiger partial charge >= 0.3 is 0 Å². The summed E-state index contributed by atoms with van der Waals surface area (Å²) in [6.07, 6.45) is 0. The average molecular weight is 404 g/mol. The molecule has 0 fully saturated rings. The minimum atomic E-state index is 0.570. The third-order valence-electron chi connectivity index (χ3n) is 2.29. The van der Waals surface area contributed by atoms with E-state index in [1.165, 1.54) is 0 Å². The van der Waals surface area contributed by atoms with Gasteiger partial charge in [0.25, 0.3) is 0 Å². The van der Waals surface area contributed by atoms with Gasteiger partial charge in [0.05, 0.1) is 9.26 Å². The molecule has 0 bridgehead atoms. The molecule has 88 valence electrons. The van der Waals surface area contributed by atoms with Crippen LogP contribution < -0.4 is 4.74 Å². The highest BCUT2D eigenvalue weighted by molar-refractivity contribution is 14.1. The van der Waals surface area contributed by atoms with Gasteiger partial charge in [-0.2, -0.15) is 0 Å². The standard InChI is InChI=1S/C13H11BrINO/c1-9-13(11(15)7-12(14)16-9)17-8-10-5-3-2-4-6-10/h2-7H,8H2,1H3. The Morgan fingerprint density at radius 3 is 2.65 bits per heavy atom. The number of halogens is 2. The molecule has 0 saturated heterocycles. The third-order valence-corrected chi connectivity index (χ3v) is 3.50. The Bertz CT molecular complexity index is 493. The molecule has 4 heteroatoms. The van der Waals surface area contributed by atoms with Crippen LogP contribution in [0.1, 0.15) is 11.3 Å². The normalized spacial score (nSPS) is 10.3. The van der Waals surface area contributed by atoms with Gasteiger partial charge in [-0.05, 0) is 57.1 Å². The number of nitrogens with zero attached hydrogens (tertiary/aromatic N) is 1. The Kier molecular flexibility index (Phi) is 4.39. The van der Waals surface area contributed by atoms with Crippen LogP contribution in [0.15, 0.2) is 41.0 Å². The Labute approximate surface area is 123 Å². The lowest BCUT2D eigenvalue weighted by Crippen LogP contribution is -2.00. The van der Waals surface area contributed by atoms with E-state index in [2.05, 4.69) is 55.6 Å². The molecular formula is C13H11BrINO. The summed E-state index contributed by atoms with van der Waals surface area (Å²) in [5.41, 5.74) is 2.06. The van der Waals surface area contributed by atoms with Gasteiger partial charge in [0.2, 0.25) is 0 Å². The second-order valence-electron chi connectivity index (χ2n) is 3.62. The molecule has 2 nitrogen and oxygen atoms in total. The van der Waals surface area contributed by atoms with Crippen molar-refractivity contribution in [1.82, 2.24) is 4.98 Å². The SMILES string of the molecule is Cc1nc(Br)cc(I)c1OCc1ccccc1. The predicted octanol–water partition coefficient (Wildman–Crippen LogP) is 4.34. The maximum atomic E-state index is 5.82. The van der Waals surface area contributed by atoms with Crippen molar-refractivity contribution in [1.29, 1.82) is 0 Å². The topological polar surface area (TPSA) is 22.1 Å². The molecule has 0 N–H and O–H groups in total. The first-order valence-corrected chi connectivity index (χ1v) is 7.03. The highest BCUT2D eigenvalue weighted by atomic mass is 127. The number of aromatic nitrogens is 1. The van der Waals surface area contributed by atoms with E-state index in [-0.39, 0.29) is 0 Å². The number of hydrogen-bond donors (Lipinski definition) is 0. The minimum Gasteiger partial charge on any atom is -0.486 e. The van der Waals surface area contributed by atoms with Crippen LogP contribution >= 0.6 is 38.5 Å². The van der Waals surface area contributed by atoms with Gasteiger partial charge in [-0.3, -0.25) is 0 Å². The number of ether oxygens (including phenoxy) is 1. The Hall–Kier alpha value is -0.620. The number of benzene rings is 1. The van der Waals surface area contributed by atoms with Gasteiger partial charge in [0.1, 0.15) is 11.2 Å². The summed E-state index contributed by atoms with van der Waals surface area (Å²) in [7, 11) is 0. The maximum Gasteiger partial charge on any atom is 0.154 e. The van der Waals surface area contributed by atoms with Crippen molar-refractivity contribution in [3.63, 3.8) is 0 Å². The molecule has 1 aromatic heterocycles. The van der Waals surface area contributed by atoms with Crippen molar-refractivity contribution in [3.8, 4) is 5.75 Å². The summed E-state index contributed by atoms with van der Waals surface area (Å²) in [5, 5.41) is 0. The summed E-state index contributed by atoms with van der Waals surface area (Å²) in [6.45, 7) is 2.52. The second-order valence-corrected chi connectivity index (χ2v) is 5.59. The van der Waals surface area contributed by atoms with E-state index in [1.807, 2.05) is 31.2 Å². The molecule has 0 aliphatic heterocycles. The van der Waals surface area contributed by atoms with Crippen LogP contribution in [0.5, 0.6) is 5.75 Å². The summed E-state index contributed by atoms with van der Waals surface area (Å²) < 4.78 is 7.72. The minimum absolute atomic E-state index is 0.570. The lowest BCUT2D eigenvalue weighted by Gasteiger charge is -2.11. The fraction of sp³-hybridized carbons (Fsp3) is 0.154. The molecule has 1 aromatic carbocycles. The first kappa shape index (κ1) is 12.8. The Morgan fingerprint density at radius 2 is 2.00 bits per heavy atom. The fourth-order valence-corrected chi connectivity index (χ4v) is 3.25. The van der Waals surface area contributed by atoms with Crippen molar-refractivity contribution in [2.24, 2.45) is 0 Å². The van der Waals surface area contributed by atoms with Crippen molar-refractivity contribution in [3.05, 3.63) is 55.8 Å². The number of pyridine rings is 1. The molecular weight excluding hydrogens is 393 g/mol. The first-order chi connectivity index (χ1) is 8.16. The van der Waals surface area contributed by atoms with Gasteiger partial charge in [-0.15, -0.1) is 0 Å². The molecule has 0 saturated carbocycles. The van der Waals surface area contributed by atoms with E-state index < -0.39 is 0 Å². The van der Waals surface area contributed by atoms with E-state index in [0.29, 0.717) is 6.61 Å². The highest BCUT2D eigenvalue weighted by Crippen LogP contribution is 2.27. The van der Waals surface area contributed by atoms with E-state index in [9.17, 15) is 0 Å². The van der Waals surface area contributed by atoms with Crippen LogP contribution in [0, 0.1) is 10.5 Å². The number of rotatable bonds is 3. The van der Waals surface area contributed by atoms with Crippen molar-refractivity contribution >= 4 is 38.5 Å². The van der Waals surface area contributed by atoms with Crippen LogP contribution in [-0.4, -0.2) is 4.98 Å². The summed E-state index contributed by atoms with van der Waals surface area (Å²) >= 11 is 5.63. The highest BCUT2D eigenvalue weighted by Gasteiger charge is 2.08. The van der Waals surface area contributed by atoms with Gasteiger partial charge in [0, 0.05) is 0 Å². The van der Waals surface area contributed by atoms with Crippen molar-refractivity contribution < 1.29 is 4.74 Å². The molecule has 0 radical (unpaired) electrons. The molecule has 0 spiro atoms. The maximum absolute atomic E-state index is 5.82. The van der Waals surface area contributed by atoms with E-state index >= 15 is 0 Å². The quantitative estimate of drug-likeness (QED) is 0.561. The lowest BCUT2D eigenvalue weighted by molar-refractivity contribution is 0.300. The molecule has 0 unspecified atom stereocenters. The van der Waals surface area contributed by atoms with Gasteiger partial charge < -0.3 is 4.74 Å². The molecule has 0 aliphatic carbocycles. The largest absolute Gasteiger partial charge is 0.486 e. The van der Waals surface area contributed by atoms with Gasteiger partial charge in [-0.1, -0.05) is 30.3 Å². The summed E-state index contributed by atoms with van der Waals surface area (Å²) in [4.78, 5) is 4.33. The molecule has 0 aliphatic rings. The summed E-state index contributed by atoms with van der Waals surface area (Å²) in [5.74, 6) is 0.859. The van der Waals surface area contributed by atoms with Crippen LogP contribution in [0.3, 0.4) is 0 Å². The monoisotopic (exact) mass is 403 g/mol. The number of aryl methyl sites for hydroxylation is 1. The van der Waals surface area contributed by atoms with Gasteiger partial charge in [-0.25, -0.2) is 4.98 Å². The van der Waals surface area contributed by atoms with Crippen LogP contribution in [0.2, 0.25) is 0 Å². The molecule has 2 rings (SSSR count). The average Bonchev–Trinajstić information content (AvgIpc) is 2.29. The molecule has 0 atom stereocenters. The van der Waals surface area contributed by atoms with E-state index in [0.717, 1.165) is 25.2 Å². The van der Waals surface area contributed by atoms with Gasteiger partial charge in [0.15, 0.2) is 5.75 Å². The molecule has 0 amide bonds. The fourth-order valence-electron chi connectivity index (χ4n) is 1.49. The van der Waals surface area contributed by atoms with Crippen LogP contribution in [-0.2, 0) is 6.61 Å². The number of hydrogen-bond acceptors (Lipinski definition) is 2. The first-order valence-electron chi connectivity index (χ1n) is 5.16. The van der Waals surface area contributed by atoms with Crippen LogP contribution in [0.25, 0.3) is 0 Å². The van der Waals surface area contributed by atoms with Crippen molar-refractivity contribution in [2.45, 2.75) is 13.5 Å². The van der Waals surface area contributed by atoms with Crippen LogP contribution in [0.4, 0.5) is 0 Å². The third kappa shape index (κ3) is 3.42. The second kappa shape index (κ2) is 5.82. The smallest absolute Gasteiger partial charge is 0.154 e.